The molecule has 0 amide bonds. The van der Waals surface area contributed by atoms with Crippen molar-refractivity contribution < 1.29 is 4.39 Å². The molecule has 1 aliphatic heterocycles. The molecule has 3 nitrogen and oxygen atoms in total. The number of nitrogens with one attached hydrogen (secondary N) is 1. The molecule has 0 spiro atoms. The van der Waals surface area contributed by atoms with Gasteiger partial charge in [-0.3, -0.25) is 4.40 Å². The lowest BCUT2D eigenvalue weighted by molar-refractivity contribution is 0.143. The van der Waals surface area contributed by atoms with Crippen molar-refractivity contribution in [3.05, 3.63) is 23.5 Å². The van der Waals surface area contributed by atoms with Crippen molar-refractivity contribution >= 4 is 16.3 Å². The monoisotopic (exact) mass is 253 g/mol. The zero-order valence-electron chi connectivity index (χ0n) is 9.66. The number of imidazole rings is 1. The van der Waals surface area contributed by atoms with Crippen molar-refractivity contribution in [3.63, 3.8) is 0 Å². The predicted molar refractivity (Wildman–Crippen MR) is 67.3 cm³/mol. The molecule has 0 aliphatic carbocycles. The highest BCUT2D eigenvalue weighted by Gasteiger charge is 2.31. The van der Waals surface area contributed by atoms with Crippen molar-refractivity contribution in [2.45, 2.75) is 31.4 Å². The van der Waals surface area contributed by atoms with Gasteiger partial charge in [-0.05, 0) is 32.4 Å². The number of thiazole rings is 1. The van der Waals surface area contributed by atoms with Gasteiger partial charge in [-0.1, -0.05) is 0 Å². The fourth-order valence-corrected chi connectivity index (χ4v) is 3.17. The minimum atomic E-state index is -1.08. The second kappa shape index (κ2) is 4.38. The average Bonchev–Trinajstić information content (AvgIpc) is 2.76. The molecule has 5 heteroatoms. The summed E-state index contributed by atoms with van der Waals surface area (Å²) in [5.74, 6) is 0. The summed E-state index contributed by atoms with van der Waals surface area (Å²) in [7, 11) is 0. The molecule has 1 atom stereocenters. The van der Waals surface area contributed by atoms with Gasteiger partial charge in [0, 0.05) is 24.2 Å². The summed E-state index contributed by atoms with van der Waals surface area (Å²) >= 11 is 1.59. The van der Waals surface area contributed by atoms with E-state index in [0.717, 1.165) is 30.2 Å². The van der Waals surface area contributed by atoms with Gasteiger partial charge in [-0.2, -0.15) is 0 Å². The number of hydrogen-bond acceptors (Lipinski definition) is 3. The van der Waals surface area contributed by atoms with E-state index in [1.165, 1.54) is 0 Å². The lowest BCUT2D eigenvalue weighted by atomic mass is 9.92. The molecule has 92 valence electrons. The van der Waals surface area contributed by atoms with E-state index in [2.05, 4.69) is 10.3 Å². The molecule has 0 saturated carbocycles. The van der Waals surface area contributed by atoms with E-state index in [1.807, 2.05) is 22.2 Å². The van der Waals surface area contributed by atoms with Gasteiger partial charge in [0.15, 0.2) is 4.96 Å². The summed E-state index contributed by atoms with van der Waals surface area (Å²) < 4.78 is 16.6. The number of halogens is 1. The van der Waals surface area contributed by atoms with Crippen LogP contribution >= 0.6 is 11.3 Å². The Bertz CT molecular complexity index is 468. The summed E-state index contributed by atoms with van der Waals surface area (Å²) in [5.41, 5.74) is -0.200. The van der Waals surface area contributed by atoms with Crippen LogP contribution in [0, 0.1) is 0 Å². The largest absolute Gasteiger partial charge is 0.317 e. The summed E-state index contributed by atoms with van der Waals surface area (Å²) in [5, 5.41) is 5.24. The van der Waals surface area contributed by atoms with Crippen LogP contribution < -0.4 is 5.32 Å². The summed E-state index contributed by atoms with van der Waals surface area (Å²) in [4.78, 5) is 5.42. The van der Waals surface area contributed by atoms with Crippen LogP contribution in [0.5, 0.6) is 0 Å². The third kappa shape index (κ3) is 2.35. The minimum Gasteiger partial charge on any atom is -0.317 e. The highest BCUT2D eigenvalue weighted by atomic mass is 32.1. The molecule has 1 aliphatic rings. The van der Waals surface area contributed by atoms with Crippen molar-refractivity contribution in [2.75, 3.05) is 13.1 Å². The molecule has 3 heterocycles. The van der Waals surface area contributed by atoms with Crippen LogP contribution in [-0.2, 0) is 6.42 Å². The summed E-state index contributed by atoms with van der Waals surface area (Å²) in [6, 6.07) is 0. The Kier molecular flexibility index (Phi) is 2.88. The smallest absolute Gasteiger partial charge is 0.193 e. The van der Waals surface area contributed by atoms with E-state index in [4.69, 9.17) is 0 Å². The average molecular weight is 253 g/mol. The van der Waals surface area contributed by atoms with Crippen LogP contribution in [-0.4, -0.2) is 28.1 Å². The first-order chi connectivity index (χ1) is 8.25. The third-order valence-corrected chi connectivity index (χ3v) is 4.14. The number of nitrogens with zero attached hydrogens (tertiary/aromatic N) is 2. The van der Waals surface area contributed by atoms with Crippen molar-refractivity contribution in [3.8, 4) is 0 Å². The highest BCUT2D eigenvalue weighted by Crippen LogP contribution is 2.28. The number of rotatable bonds is 2. The maximum atomic E-state index is 14.7. The Labute approximate surface area is 104 Å². The molecule has 2 aromatic rings. The highest BCUT2D eigenvalue weighted by molar-refractivity contribution is 7.15. The molecule has 0 bridgehead atoms. The zero-order chi connectivity index (χ0) is 11.7. The van der Waals surface area contributed by atoms with Crippen LogP contribution in [0.3, 0.4) is 0 Å². The fraction of sp³-hybridized carbons (Fsp3) is 0.583. The quantitative estimate of drug-likeness (QED) is 0.890. The van der Waals surface area contributed by atoms with Crippen LogP contribution in [0.4, 0.5) is 4.39 Å². The second-order valence-corrected chi connectivity index (χ2v) is 5.63. The zero-order valence-corrected chi connectivity index (χ0v) is 10.5. The van der Waals surface area contributed by atoms with Gasteiger partial charge < -0.3 is 5.32 Å². The standard InChI is InChI=1S/C12H16FN3S/c13-12(2-1-4-14-5-3-12)8-10-9-16-6-7-17-11(16)15-10/h6-7,9,14H,1-5,8H2. The maximum Gasteiger partial charge on any atom is 0.193 e. The van der Waals surface area contributed by atoms with Crippen molar-refractivity contribution in [1.29, 1.82) is 0 Å². The van der Waals surface area contributed by atoms with Crippen molar-refractivity contribution in [1.82, 2.24) is 14.7 Å². The Hall–Kier alpha value is -0.940. The van der Waals surface area contributed by atoms with Crippen LogP contribution in [0.1, 0.15) is 25.0 Å². The van der Waals surface area contributed by atoms with E-state index in [9.17, 15) is 4.39 Å². The fourth-order valence-electron chi connectivity index (χ4n) is 2.46. The minimum absolute atomic E-state index is 0.448. The van der Waals surface area contributed by atoms with E-state index < -0.39 is 5.67 Å². The lowest BCUT2D eigenvalue weighted by Gasteiger charge is -2.21. The lowest BCUT2D eigenvalue weighted by Crippen LogP contribution is -2.27. The molecule has 0 aromatic carbocycles. The van der Waals surface area contributed by atoms with Crippen molar-refractivity contribution in [2.24, 2.45) is 0 Å². The molecule has 2 aromatic heterocycles. The van der Waals surface area contributed by atoms with E-state index in [-0.39, 0.29) is 0 Å². The second-order valence-electron chi connectivity index (χ2n) is 4.76. The normalized spacial score (nSPS) is 26.2. The van der Waals surface area contributed by atoms with E-state index in [0.29, 0.717) is 19.3 Å². The molecular weight excluding hydrogens is 237 g/mol. The van der Waals surface area contributed by atoms with Crippen LogP contribution in [0.25, 0.3) is 4.96 Å². The maximum absolute atomic E-state index is 14.7. The summed E-state index contributed by atoms with van der Waals surface area (Å²) in [6.45, 7) is 1.71. The first-order valence-electron chi connectivity index (χ1n) is 6.06. The molecule has 3 rings (SSSR count). The Morgan fingerprint density at radius 1 is 1.47 bits per heavy atom. The van der Waals surface area contributed by atoms with Crippen LogP contribution in [0.15, 0.2) is 17.8 Å². The van der Waals surface area contributed by atoms with Crippen LogP contribution in [0.2, 0.25) is 0 Å². The third-order valence-electron chi connectivity index (χ3n) is 3.37. The Morgan fingerprint density at radius 2 is 2.41 bits per heavy atom. The van der Waals surface area contributed by atoms with Gasteiger partial charge in [0.25, 0.3) is 0 Å². The number of hydrogen-bond donors (Lipinski definition) is 1. The Morgan fingerprint density at radius 3 is 3.29 bits per heavy atom. The Balaban J connectivity index is 1.78. The SMILES string of the molecule is FC1(Cc2cn3ccsc3n2)CCCNCC1. The number of alkyl halides is 1. The van der Waals surface area contributed by atoms with E-state index in [1.54, 1.807) is 11.3 Å². The molecule has 17 heavy (non-hydrogen) atoms. The molecule has 1 fully saturated rings. The molecule has 1 N–H and O–H groups in total. The predicted octanol–water partition coefficient (Wildman–Crippen LogP) is 2.42. The topological polar surface area (TPSA) is 29.3 Å². The van der Waals surface area contributed by atoms with Gasteiger partial charge in [0.05, 0.1) is 5.69 Å². The van der Waals surface area contributed by atoms with Gasteiger partial charge in [0.2, 0.25) is 0 Å². The molecule has 0 radical (unpaired) electrons. The molecular formula is C12H16FN3S. The van der Waals surface area contributed by atoms with Gasteiger partial charge >= 0.3 is 0 Å². The molecule has 1 saturated heterocycles. The van der Waals surface area contributed by atoms with Gasteiger partial charge in [-0.15, -0.1) is 11.3 Å². The van der Waals surface area contributed by atoms with Gasteiger partial charge in [0.1, 0.15) is 5.67 Å². The number of aromatic nitrogens is 2. The molecule has 1 unspecified atom stereocenters. The first-order valence-corrected chi connectivity index (χ1v) is 6.94. The van der Waals surface area contributed by atoms with E-state index >= 15 is 0 Å². The first kappa shape index (κ1) is 11.2. The van der Waals surface area contributed by atoms with Gasteiger partial charge in [-0.25, -0.2) is 9.37 Å². The summed E-state index contributed by atoms with van der Waals surface area (Å²) in [6.07, 6.45) is 6.52. The number of fused-ring (bicyclic) bond motifs is 1.